The van der Waals surface area contributed by atoms with E-state index < -0.39 is 5.97 Å². The quantitative estimate of drug-likeness (QED) is 0.642. The summed E-state index contributed by atoms with van der Waals surface area (Å²) in [6.07, 6.45) is 5.09. The van der Waals surface area contributed by atoms with E-state index in [1.807, 2.05) is 0 Å². The van der Waals surface area contributed by atoms with E-state index in [2.05, 4.69) is 17.6 Å². The summed E-state index contributed by atoms with van der Waals surface area (Å²) >= 11 is 0. The minimum absolute atomic E-state index is 0.0980. The molecule has 0 aromatic rings. The van der Waals surface area contributed by atoms with Gasteiger partial charge in [0, 0.05) is 19.0 Å². The SMILES string of the molecule is CC1CCCC(NC(=O)NCCCC(=O)O)C1. The van der Waals surface area contributed by atoms with Gasteiger partial charge in [-0.1, -0.05) is 19.8 Å². The van der Waals surface area contributed by atoms with Crippen LogP contribution < -0.4 is 10.6 Å². The van der Waals surface area contributed by atoms with Crippen molar-refractivity contribution in [3.63, 3.8) is 0 Å². The fraction of sp³-hybridized carbons (Fsp3) is 0.833. The van der Waals surface area contributed by atoms with Crippen molar-refractivity contribution in [2.24, 2.45) is 5.92 Å². The van der Waals surface area contributed by atoms with Gasteiger partial charge in [0.1, 0.15) is 0 Å². The maximum absolute atomic E-state index is 11.5. The minimum Gasteiger partial charge on any atom is -0.481 e. The summed E-state index contributed by atoms with van der Waals surface area (Å²) in [5, 5.41) is 14.1. The number of nitrogens with one attached hydrogen (secondary N) is 2. The molecule has 0 saturated heterocycles. The van der Waals surface area contributed by atoms with Crippen molar-refractivity contribution >= 4 is 12.0 Å². The number of aliphatic carboxylic acids is 1. The van der Waals surface area contributed by atoms with Crippen LogP contribution in [0.4, 0.5) is 4.79 Å². The molecule has 0 bridgehead atoms. The maximum Gasteiger partial charge on any atom is 0.315 e. The molecule has 0 heterocycles. The molecule has 0 aromatic heterocycles. The van der Waals surface area contributed by atoms with Crippen LogP contribution in [0.1, 0.15) is 45.4 Å². The monoisotopic (exact) mass is 242 g/mol. The number of carbonyl (C=O) groups is 2. The zero-order chi connectivity index (χ0) is 12.7. The second kappa shape index (κ2) is 7.14. The van der Waals surface area contributed by atoms with Gasteiger partial charge in [-0.3, -0.25) is 4.79 Å². The number of hydrogen-bond donors (Lipinski definition) is 3. The van der Waals surface area contributed by atoms with Gasteiger partial charge in [0.2, 0.25) is 0 Å². The van der Waals surface area contributed by atoms with Crippen molar-refractivity contribution in [3.05, 3.63) is 0 Å². The lowest BCUT2D eigenvalue weighted by Gasteiger charge is -2.27. The van der Waals surface area contributed by atoms with Crippen molar-refractivity contribution in [2.45, 2.75) is 51.5 Å². The maximum atomic E-state index is 11.5. The van der Waals surface area contributed by atoms with E-state index in [0.717, 1.165) is 12.8 Å². The first-order valence-corrected chi connectivity index (χ1v) is 6.34. The summed E-state index contributed by atoms with van der Waals surface area (Å²) in [5.74, 6) is -0.144. The molecule has 98 valence electrons. The van der Waals surface area contributed by atoms with Crippen LogP contribution in [0.25, 0.3) is 0 Å². The molecule has 0 spiro atoms. The van der Waals surface area contributed by atoms with Crippen molar-refractivity contribution in [1.29, 1.82) is 0 Å². The third-order valence-electron chi connectivity index (χ3n) is 3.12. The largest absolute Gasteiger partial charge is 0.481 e. The highest BCUT2D eigenvalue weighted by atomic mass is 16.4. The molecule has 0 aromatic carbocycles. The standard InChI is InChI=1S/C12H22N2O3/c1-9-4-2-5-10(8-9)14-12(17)13-7-3-6-11(15)16/h9-10H,2-8H2,1H3,(H,15,16)(H2,13,14,17). The second-order valence-electron chi connectivity index (χ2n) is 4.87. The molecule has 2 unspecified atom stereocenters. The molecule has 0 radical (unpaired) electrons. The number of carboxylic acid groups (broad SMARTS) is 1. The lowest BCUT2D eigenvalue weighted by atomic mass is 9.87. The molecule has 1 aliphatic carbocycles. The molecule has 1 rings (SSSR count). The van der Waals surface area contributed by atoms with Crippen LogP contribution in [0.2, 0.25) is 0 Å². The molecular formula is C12H22N2O3. The zero-order valence-corrected chi connectivity index (χ0v) is 10.4. The number of hydrogen-bond acceptors (Lipinski definition) is 2. The summed E-state index contributed by atoms with van der Waals surface area (Å²) in [6, 6.07) is 0.104. The van der Waals surface area contributed by atoms with Gasteiger partial charge in [-0.05, 0) is 25.2 Å². The van der Waals surface area contributed by atoms with Gasteiger partial charge in [0.05, 0.1) is 0 Å². The first kappa shape index (κ1) is 13.8. The number of urea groups is 1. The van der Waals surface area contributed by atoms with Crippen LogP contribution in [0, 0.1) is 5.92 Å². The Morgan fingerprint density at radius 3 is 2.76 bits per heavy atom. The van der Waals surface area contributed by atoms with Crippen molar-refractivity contribution < 1.29 is 14.7 Å². The van der Waals surface area contributed by atoms with Gasteiger partial charge in [-0.2, -0.15) is 0 Å². The number of carboxylic acids is 1. The number of rotatable bonds is 5. The summed E-state index contributed by atoms with van der Waals surface area (Å²) < 4.78 is 0. The molecule has 5 nitrogen and oxygen atoms in total. The van der Waals surface area contributed by atoms with Crippen molar-refractivity contribution in [3.8, 4) is 0 Å². The fourth-order valence-corrected chi connectivity index (χ4v) is 2.24. The highest BCUT2D eigenvalue weighted by Gasteiger charge is 2.19. The third-order valence-corrected chi connectivity index (χ3v) is 3.12. The van der Waals surface area contributed by atoms with Crippen LogP contribution in [0.5, 0.6) is 0 Å². The molecule has 2 atom stereocenters. The first-order chi connectivity index (χ1) is 8.08. The smallest absolute Gasteiger partial charge is 0.315 e. The fourth-order valence-electron chi connectivity index (χ4n) is 2.24. The van der Waals surface area contributed by atoms with Crippen LogP contribution in [0.15, 0.2) is 0 Å². The van der Waals surface area contributed by atoms with Gasteiger partial charge in [-0.25, -0.2) is 4.79 Å². The molecule has 5 heteroatoms. The van der Waals surface area contributed by atoms with E-state index >= 15 is 0 Å². The van der Waals surface area contributed by atoms with E-state index in [-0.39, 0.29) is 18.5 Å². The van der Waals surface area contributed by atoms with E-state index in [1.54, 1.807) is 0 Å². The Hall–Kier alpha value is -1.26. The second-order valence-corrected chi connectivity index (χ2v) is 4.87. The topological polar surface area (TPSA) is 78.4 Å². The molecule has 0 aliphatic heterocycles. The lowest BCUT2D eigenvalue weighted by molar-refractivity contribution is -0.137. The first-order valence-electron chi connectivity index (χ1n) is 6.34. The predicted octanol–water partition coefficient (Wildman–Crippen LogP) is 1.73. The molecule has 2 amide bonds. The Morgan fingerprint density at radius 1 is 1.35 bits per heavy atom. The van der Waals surface area contributed by atoms with Gasteiger partial charge in [0.25, 0.3) is 0 Å². The Kier molecular flexibility index (Phi) is 5.80. The highest BCUT2D eigenvalue weighted by Crippen LogP contribution is 2.23. The average Bonchev–Trinajstić information content (AvgIpc) is 2.24. The van der Waals surface area contributed by atoms with Crippen LogP contribution in [-0.2, 0) is 4.79 Å². The van der Waals surface area contributed by atoms with Gasteiger partial charge >= 0.3 is 12.0 Å². The van der Waals surface area contributed by atoms with Gasteiger partial charge in [-0.15, -0.1) is 0 Å². The van der Waals surface area contributed by atoms with E-state index in [0.29, 0.717) is 18.9 Å². The zero-order valence-electron chi connectivity index (χ0n) is 10.4. The van der Waals surface area contributed by atoms with Crippen LogP contribution >= 0.6 is 0 Å². The lowest BCUT2D eigenvalue weighted by Crippen LogP contribution is -2.44. The Bertz CT molecular complexity index is 268. The van der Waals surface area contributed by atoms with Gasteiger partial charge in [0.15, 0.2) is 0 Å². The van der Waals surface area contributed by atoms with E-state index in [4.69, 9.17) is 5.11 Å². The summed E-state index contributed by atoms with van der Waals surface area (Å²) in [7, 11) is 0. The summed E-state index contributed by atoms with van der Waals surface area (Å²) in [6.45, 7) is 2.62. The molecule has 1 saturated carbocycles. The molecule has 1 aliphatic rings. The van der Waals surface area contributed by atoms with Gasteiger partial charge < -0.3 is 15.7 Å². The summed E-state index contributed by atoms with van der Waals surface area (Å²) in [4.78, 5) is 21.8. The Balaban J connectivity index is 2.09. The molecule has 3 N–H and O–H groups in total. The average molecular weight is 242 g/mol. The molecular weight excluding hydrogens is 220 g/mol. The van der Waals surface area contributed by atoms with Crippen molar-refractivity contribution in [2.75, 3.05) is 6.54 Å². The van der Waals surface area contributed by atoms with E-state index in [9.17, 15) is 9.59 Å². The normalized spacial score (nSPS) is 24.1. The van der Waals surface area contributed by atoms with E-state index in [1.165, 1.54) is 12.8 Å². The third kappa shape index (κ3) is 6.14. The minimum atomic E-state index is -0.826. The number of amides is 2. The summed E-state index contributed by atoms with van der Waals surface area (Å²) in [5.41, 5.74) is 0. The van der Waals surface area contributed by atoms with Crippen molar-refractivity contribution in [1.82, 2.24) is 10.6 Å². The van der Waals surface area contributed by atoms with Crippen LogP contribution in [-0.4, -0.2) is 29.7 Å². The Morgan fingerprint density at radius 2 is 2.12 bits per heavy atom. The van der Waals surface area contributed by atoms with Crippen LogP contribution in [0.3, 0.4) is 0 Å². The predicted molar refractivity (Wildman–Crippen MR) is 64.8 cm³/mol. The molecule has 17 heavy (non-hydrogen) atoms. The Labute approximate surface area is 102 Å². The molecule has 1 fully saturated rings. The highest BCUT2D eigenvalue weighted by molar-refractivity contribution is 5.74. The number of carbonyl (C=O) groups excluding carboxylic acids is 1.